The first-order valence-corrected chi connectivity index (χ1v) is 4.04. The molecule has 0 aromatic heterocycles. The fourth-order valence-electron chi connectivity index (χ4n) is 0.842. The first kappa shape index (κ1) is 10.4. The van der Waals surface area contributed by atoms with Gasteiger partial charge in [0, 0.05) is 5.56 Å². The van der Waals surface area contributed by atoms with Crippen molar-refractivity contribution in [3.05, 3.63) is 33.3 Å². The van der Waals surface area contributed by atoms with Gasteiger partial charge in [-0.25, -0.2) is 8.78 Å². The van der Waals surface area contributed by atoms with Crippen LogP contribution in [0.1, 0.15) is 22.3 Å². The lowest BCUT2D eigenvalue weighted by Gasteiger charge is -2.04. The van der Waals surface area contributed by atoms with Gasteiger partial charge in [-0.2, -0.15) is 0 Å². The Bertz CT molecular complexity index is 316. The highest BCUT2D eigenvalue weighted by atomic mass is 35.5. The monoisotopic (exact) mass is 224 g/mol. The van der Waals surface area contributed by atoms with E-state index in [0.717, 1.165) is 12.1 Å². The molecule has 0 aliphatic carbocycles. The molecule has 1 aromatic carbocycles. The van der Waals surface area contributed by atoms with Gasteiger partial charge in [0.05, 0.1) is 15.6 Å². The van der Waals surface area contributed by atoms with Gasteiger partial charge in [-0.3, -0.25) is 4.79 Å². The molecule has 0 bridgehead atoms. The molecule has 0 radical (unpaired) electrons. The quantitative estimate of drug-likeness (QED) is 0.700. The predicted molar refractivity (Wildman–Crippen MR) is 46.8 cm³/mol. The molecule has 1 aromatic rings. The molecule has 5 heteroatoms. The maximum Gasteiger partial charge on any atom is 0.263 e. The minimum absolute atomic E-state index is 0.0349. The van der Waals surface area contributed by atoms with Gasteiger partial charge in [0.2, 0.25) is 0 Å². The largest absolute Gasteiger partial charge is 0.298 e. The molecule has 0 heterocycles. The van der Waals surface area contributed by atoms with Crippen LogP contribution in [0.5, 0.6) is 0 Å². The highest BCUT2D eigenvalue weighted by Crippen LogP contribution is 2.29. The van der Waals surface area contributed by atoms with E-state index in [1.54, 1.807) is 0 Å². The Morgan fingerprint density at radius 3 is 2.00 bits per heavy atom. The minimum atomic E-state index is -2.64. The third kappa shape index (κ3) is 2.17. The van der Waals surface area contributed by atoms with Crippen LogP contribution in [0.3, 0.4) is 0 Å². The summed E-state index contributed by atoms with van der Waals surface area (Å²) in [5, 5.41) is -0.115. The van der Waals surface area contributed by atoms with Crippen molar-refractivity contribution in [3.63, 3.8) is 0 Å². The molecule has 0 N–H and O–H groups in total. The first-order chi connectivity index (χ1) is 6.06. The lowest BCUT2D eigenvalue weighted by molar-refractivity contribution is 0.112. The van der Waals surface area contributed by atoms with Crippen molar-refractivity contribution in [2.24, 2.45) is 0 Å². The Morgan fingerprint density at radius 2 is 1.69 bits per heavy atom. The number of alkyl halides is 2. The van der Waals surface area contributed by atoms with E-state index in [2.05, 4.69) is 0 Å². The van der Waals surface area contributed by atoms with E-state index in [1.165, 1.54) is 0 Å². The van der Waals surface area contributed by atoms with Gasteiger partial charge in [0.25, 0.3) is 6.43 Å². The van der Waals surface area contributed by atoms with Gasteiger partial charge in [0.1, 0.15) is 0 Å². The number of halogens is 4. The molecular weight excluding hydrogens is 221 g/mol. The van der Waals surface area contributed by atoms with Crippen LogP contribution in [0, 0.1) is 0 Å². The Balaban J connectivity index is 3.28. The second kappa shape index (κ2) is 4.03. The number of carbonyl (C=O) groups is 1. The van der Waals surface area contributed by atoms with Crippen LogP contribution in [0.15, 0.2) is 12.1 Å². The van der Waals surface area contributed by atoms with Crippen LogP contribution in [0.2, 0.25) is 10.0 Å². The molecular formula is C8H4Cl2F2O. The Labute approximate surface area is 83.3 Å². The molecule has 1 nitrogen and oxygen atoms in total. The molecule has 0 spiro atoms. The molecule has 13 heavy (non-hydrogen) atoms. The maximum atomic E-state index is 12.2. The molecule has 0 saturated carbocycles. The average molecular weight is 225 g/mol. The van der Waals surface area contributed by atoms with E-state index in [4.69, 9.17) is 23.2 Å². The summed E-state index contributed by atoms with van der Waals surface area (Å²) in [6.07, 6.45) is -2.21. The van der Waals surface area contributed by atoms with Crippen molar-refractivity contribution in [2.75, 3.05) is 0 Å². The number of hydrogen-bond donors (Lipinski definition) is 0. The third-order valence-electron chi connectivity index (χ3n) is 1.47. The fraction of sp³-hybridized carbons (Fsp3) is 0.125. The SMILES string of the molecule is O=Cc1c(Cl)cc(C(F)F)cc1Cl. The summed E-state index contributed by atoms with van der Waals surface area (Å²) in [4.78, 5) is 10.4. The average Bonchev–Trinajstić information content (AvgIpc) is 2.03. The summed E-state index contributed by atoms with van der Waals surface area (Å²) >= 11 is 11.1. The van der Waals surface area contributed by atoms with Gasteiger partial charge >= 0.3 is 0 Å². The number of hydrogen-bond acceptors (Lipinski definition) is 1. The molecule has 0 aliphatic heterocycles. The molecule has 0 atom stereocenters. The van der Waals surface area contributed by atoms with Crippen molar-refractivity contribution in [2.45, 2.75) is 6.43 Å². The highest BCUT2D eigenvalue weighted by molar-refractivity contribution is 6.38. The molecule has 0 unspecified atom stereocenters. The summed E-state index contributed by atoms with van der Waals surface area (Å²) in [6.45, 7) is 0. The van der Waals surface area contributed by atoms with E-state index in [0.29, 0.717) is 6.29 Å². The molecule has 1 rings (SSSR count). The van der Waals surface area contributed by atoms with Crippen LogP contribution in [0.4, 0.5) is 8.78 Å². The minimum Gasteiger partial charge on any atom is -0.298 e. The van der Waals surface area contributed by atoms with E-state index in [1.807, 2.05) is 0 Å². The van der Waals surface area contributed by atoms with Crippen molar-refractivity contribution in [1.29, 1.82) is 0 Å². The molecule has 0 saturated heterocycles. The summed E-state index contributed by atoms with van der Waals surface area (Å²) < 4.78 is 24.3. The topological polar surface area (TPSA) is 17.1 Å². The Kier molecular flexibility index (Phi) is 3.22. The zero-order valence-corrected chi connectivity index (χ0v) is 7.74. The van der Waals surface area contributed by atoms with Crippen molar-refractivity contribution in [3.8, 4) is 0 Å². The highest BCUT2D eigenvalue weighted by Gasteiger charge is 2.13. The lowest BCUT2D eigenvalue weighted by Crippen LogP contribution is -1.90. The van der Waals surface area contributed by atoms with E-state index < -0.39 is 6.43 Å². The molecule has 0 amide bonds. The zero-order valence-electron chi connectivity index (χ0n) is 6.23. The lowest BCUT2D eigenvalue weighted by atomic mass is 10.1. The standard InChI is InChI=1S/C8H4Cl2F2O/c9-6-1-4(8(11)12)2-7(10)5(6)3-13/h1-3,8H. The zero-order chi connectivity index (χ0) is 10.0. The number of aldehydes is 1. The van der Waals surface area contributed by atoms with Gasteiger partial charge in [-0.15, -0.1) is 0 Å². The van der Waals surface area contributed by atoms with E-state index in [9.17, 15) is 13.6 Å². The summed E-state index contributed by atoms with van der Waals surface area (Å²) in [5.74, 6) is 0. The summed E-state index contributed by atoms with van der Waals surface area (Å²) in [5.41, 5.74) is -0.256. The van der Waals surface area contributed by atoms with E-state index >= 15 is 0 Å². The Morgan fingerprint density at radius 1 is 1.23 bits per heavy atom. The van der Waals surface area contributed by atoms with Crippen LogP contribution in [-0.4, -0.2) is 6.29 Å². The van der Waals surface area contributed by atoms with Crippen LogP contribution in [-0.2, 0) is 0 Å². The predicted octanol–water partition coefficient (Wildman–Crippen LogP) is 3.74. The van der Waals surface area contributed by atoms with Crippen molar-refractivity contribution >= 4 is 29.5 Å². The number of rotatable bonds is 2. The third-order valence-corrected chi connectivity index (χ3v) is 2.10. The van der Waals surface area contributed by atoms with Crippen LogP contribution in [0.25, 0.3) is 0 Å². The van der Waals surface area contributed by atoms with Crippen molar-refractivity contribution < 1.29 is 13.6 Å². The molecule has 0 aliphatic rings. The van der Waals surface area contributed by atoms with E-state index in [-0.39, 0.29) is 21.2 Å². The van der Waals surface area contributed by atoms with Gasteiger partial charge in [0.15, 0.2) is 6.29 Å². The fourth-order valence-corrected chi connectivity index (χ4v) is 1.44. The summed E-state index contributed by atoms with van der Waals surface area (Å²) in [7, 11) is 0. The molecule has 70 valence electrons. The van der Waals surface area contributed by atoms with Gasteiger partial charge in [-0.05, 0) is 12.1 Å². The maximum absolute atomic E-state index is 12.2. The second-order valence-electron chi connectivity index (χ2n) is 2.32. The normalized spacial score (nSPS) is 10.5. The van der Waals surface area contributed by atoms with Gasteiger partial charge < -0.3 is 0 Å². The van der Waals surface area contributed by atoms with Crippen LogP contribution < -0.4 is 0 Å². The second-order valence-corrected chi connectivity index (χ2v) is 3.13. The van der Waals surface area contributed by atoms with Crippen LogP contribution >= 0.6 is 23.2 Å². The molecule has 0 fully saturated rings. The number of carbonyl (C=O) groups excluding carboxylic acids is 1. The first-order valence-electron chi connectivity index (χ1n) is 3.28. The number of benzene rings is 1. The summed E-state index contributed by atoms with van der Waals surface area (Å²) in [6, 6.07) is 2.06. The van der Waals surface area contributed by atoms with Crippen molar-refractivity contribution in [1.82, 2.24) is 0 Å². The van der Waals surface area contributed by atoms with Gasteiger partial charge in [-0.1, -0.05) is 23.2 Å². The smallest absolute Gasteiger partial charge is 0.263 e. The Hall–Kier alpha value is -0.670.